The number of phenolic OH excluding ortho intramolecular Hbond substituents is 1. The van der Waals surface area contributed by atoms with E-state index in [0.717, 1.165) is 0 Å². The largest absolute Gasteiger partial charge is 0.507 e. The molecular formula is C14H21BFNO3. The molecule has 0 saturated carbocycles. The van der Waals surface area contributed by atoms with E-state index in [1.807, 2.05) is 27.7 Å². The van der Waals surface area contributed by atoms with Gasteiger partial charge < -0.3 is 20.1 Å². The molecule has 3 N–H and O–H groups in total. The molecule has 110 valence electrons. The van der Waals surface area contributed by atoms with E-state index < -0.39 is 30.1 Å². The van der Waals surface area contributed by atoms with Gasteiger partial charge in [0.05, 0.1) is 17.1 Å². The Morgan fingerprint density at radius 3 is 2.20 bits per heavy atom. The molecule has 0 amide bonds. The minimum Gasteiger partial charge on any atom is -0.507 e. The summed E-state index contributed by atoms with van der Waals surface area (Å²) in [5.74, 6) is -1.22. The second-order valence-electron chi connectivity index (χ2n) is 6.31. The predicted molar refractivity (Wildman–Crippen MR) is 75.8 cm³/mol. The highest BCUT2D eigenvalue weighted by molar-refractivity contribution is 6.47. The lowest BCUT2D eigenvalue weighted by molar-refractivity contribution is 0.00578. The lowest BCUT2D eigenvalue weighted by atomic mass is 9.74. The van der Waals surface area contributed by atoms with Crippen LogP contribution in [0.15, 0.2) is 12.1 Å². The SMILES string of the molecule is Cc1cc(F)cc([C@H](N)B2OC(C)(C)C(C)(C)O2)c1O. The Bertz CT molecular complexity index is 517. The highest BCUT2D eigenvalue weighted by Gasteiger charge is 2.53. The Kier molecular flexibility index (Phi) is 3.61. The monoisotopic (exact) mass is 281 g/mol. The number of aromatic hydroxyl groups is 1. The molecule has 0 bridgehead atoms. The maximum atomic E-state index is 13.5. The molecule has 4 nitrogen and oxygen atoms in total. The number of benzene rings is 1. The third kappa shape index (κ3) is 2.43. The molecular weight excluding hydrogens is 260 g/mol. The van der Waals surface area contributed by atoms with Crippen LogP contribution in [0.4, 0.5) is 4.39 Å². The van der Waals surface area contributed by atoms with Gasteiger partial charge in [0.15, 0.2) is 0 Å². The number of halogens is 1. The molecule has 1 atom stereocenters. The van der Waals surface area contributed by atoms with Gasteiger partial charge in [-0.2, -0.15) is 0 Å². The zero-order chi connectivity index (χ0) is 15.3. The van der Waals surface area contributed by atoms with Crippen LogP contribution in [0.3, 0.4) is 0 Å². The Morgan fingerprint density at radius 1 is 1.20 bits per heavy atom. The van der Waals surface area contributed by atoms with E-state index in [4.69, 9.17) is 15.0 Å². The van der Waals surface area contributed by atoms with Crippen LogP contribution >= 0.6 is 0 Å². The number of phenols is 1. The van der Waals surface area contributed by atoms with E-state index in [1.165, 1.54) is 12.1 Å². The van der Waals surface area contributed by atoms with Crippen LogP contribution in [0.5, 0.6) is 5.75 Å². The normalized spacial score (nSPS) is 22.1. The van der Waals surface area contributed by atoms with Crippen LogP contribution in [-0.4, -0.2) is 23.4 Å². The first-order chi connectivity index (χ1) is 9.05. The van der Waals surface area contributed by atoms with Gasteiger partial charge in [-0.1, -0.05) is 0 Å². The van der Waals surface area contributed by atoms with Gasteiger partial charge in [-0.15, -0.1) is 0 Å². The Balaban J connectivity index is 2.32. The number of nitrogens with two attached hydrogens (primary N) is 1. The van der Waals surface area contributed by atoms with E-state index in [9.17, 15) is 9.50 Å². The topological polar surface area (TPSA) is 64.7 Å². The molecule has 20 heavy (non-hydrogen) atoms. The van der Waals surface area contributed by atoms with E-state index in [2.05, 4.69) is 0 Å². The van der Waals surface area contributed by atoms with Gasteiger partial charge in [-0.25, -0.2) is 4.39 Å². The summed E-state index contributed by atoms with van der Waals surface area (Å²) in [6.07, 6.45) is 0. The molecule has 0 spiro atoms. The van der Waals surface area contributed by atoms with Crippen molar-refractivity contribution >= 4 is 7.12 Å². The highest BCUT2D eigenvalue weighted by atomic mass is 19.1. The fraction of sp³-hybridized carbons (Fsp3) is 0.571. The van der Waals surface area contributed by atoms with Crippen LogP contribution in [0.25, 0.3) is 0 Å². The maximum Gasteiger partial charge on any atom is 0.480 e. The summed E-state index contributed by atoms with van der Waals surface area (Å²) in [5, 5.41) is 10.1. The van der Waals surface area contributed by atoms with Crippen molar-refractivity contribution in [3.05, 3.63) is 29.1 Å². The van der Waals surface area contributed by atoms with Gasteiger partial charge in [0.25, 0.3) is 0 Å². The molecule has 1 aliphatic heterocycles. The highest BCUT2D eigenvalue weighted by Crippen LogP contribution is 2.41. The smallest absolute Gasteiger partial charge is 0.480 e. The third-order valence-electron chi connectivity index (χ3n) is 4.22. The van der Waals surface area contributed by atoms with E-state index in [-0.39, 0.29) is 5.75 Å². The van der Waals surface area contributed by atoms with Gasteiger partial charge in [-0.05, 0) is 52.3 Å². The Morgan fingerprint density at radius 2 is 1.70 bits per heavy atom. The minimum atomic E-state index is -0.759. The quantitative estimate of drug-likeness (QED) is 0.817. The zero-order valence-corrected chi connectivity index (χ0v) is 12.5. The summed E-state index contributed by atoms with van der Waals surface area (Å²) >= 11 is 0. The van der Waals surface area contributed by atoms with Gasteiger partial charge in [-0.3, -0.25) is 0 Å². The molecule has 1 fully saturated rings. The summed E-state index contributed by atoms with van der Waals surface area (Å²) in [6, 6.07) is 2.48. The standard InChI is InChI=1S/C14H21BFNO3/c1-8-6-9(16)7-10(11(8)18)12(17)15-19-13(2,3)14(4,5)20-15/h6-7,12,18H,17H2,1-5H3/t12-/m0/s1. The average Bonchev–Trinajstić information content (AvgIpc) is 2.52. The van der Waals surface area contributed by atoms with Gasteiger partial charge in [0.2, 0.25) is 0 Å². The van der Waals surface area contributed by atoms with Gasteiger partial charge in [0.1, 0.15) is 11.6 Å². The summed E-state index contributed by atoms with van der Waals surface area (Å²) in [4.78, 5) is 0. The summed E-state index contributed by atoms with van der Waals surface area (Å²) in [6.45, 7) is 9.28. The second kappa shape index (κ2) is 4.72. The lowest BCUT2D eigenvalue weighted by Crippen LogP contribution is -2.41. The van der Waals surface area contributed by atoms with E-state index >= 15 is 0 Å². The molecule has 0 unspecified atom stereocenters. The Hall–Kier alpha value is -1.11. The zero-order valence-electron chi connectivity index (χ0n) is 12.5. The molecule has 1 aromatic carbocycles. The van der Waals surface area contributed by atoms with Crippen molar-refractivity contribution in [2.24, 2.45) is 5.73 Å². The molecule has 0 radical (unpaired) electrons. The molecule has 1 heterocycles. The number of hydrogen-bond donors (Lipinski definition) is 2. The molecule has 1 aliphatic rings. The maximum absolute atomic E-state index is 13.5. The lowest BCUT2D eigenvalue weighted by Gasteiger charge is -2.32. The summed E-state index contributed by atoms with van der Waals surface area (Å²) in [7, 11) is -0.730. The first kappa shape index (κ1) is 15.3. The predicted octanol–water partition coefficient (Wildman–Crippen LogP) is 2.47. The number of aryl methyl sites for hydroxylation is 1. The molecule has 0 aliphatic carbocycles. The van der Waals surface area contributed by atoms with Crippen molar-refractivity contribution in [1.82, 2.24) is 0 Å². The van der Waals surface area contributed by atoms with Crippen LogP contribution in [0.2, 0.25) is 0 Å². The molecule has 6 heteroatoms. The first-order valence-electron chi connectivity index (χ1n) is 6.65. The Labute approximate surface area is 119 Å². The molecule has 1 saturated heterocycles. The van der Waals surface area contributed by atoms with Crippen molar-refractivity contribution in [1.29, 1.82) is 0 Å². The van der Waals surface area contributed by atoms with E-state index in [0.29, 0.717) is 11.1 Å². The van der Waals surface area contributed by atoms with Crippen LogP contribution in [-0.2, 0) is 9.31 Å². The molecule has 2 rings (SSSR count). The first-order valence-corrected chi connectivity index (χ1v) is 6.65. The van der Waals surface area contributed by atoms with Crippen molar-refractivity contribution in [3.8, 4) is 5.75 Å². The average molecular weight is 281 g/mol. The van der Waals surface area contributed by atoms with Gasteiger partial charge in [0, 0.05) is 5.56 Å². The molecule has 0 aromatic heterocycles. The third-order valence-corrected chi connectivity index (χ3v) is 4.22. The fourth-order valence-corrected chi connectivity index (χ4v) is 2.20. The van der Waals surface area contributed by atoms with Crippen molar-refractivity contribution in [2.75, 3.05) is 0 Å². The number of hydrogen-bond acceptors (Lipinski definition) is 4. The van der Waals surface area contributed by atoms with Crippen LogP contribution < -0.4 is 5.73 Å². The minimum absolute atomic E-state index is 0.0198. The van der Waals surface area contributed by atoms with Gasteiger partial charge >= 0.3 is 7.12 Å². The van der Waals surface area contributed by atoms with Crippen LogP contribution in [0.1, 0.15) is 44.8 Å². The summed E-state index contributed by atoms with van der Waals surface area (Å²) < 4.78 is 25.2. The fourth-order valence-electron chi connectivity index (χ4n) is 2.20. The molecule has 1 aromatic rings. The number of rotatable bonds is 2. The summed E-state index contributed by atoms with van der Waals surface area (Å²) in [5.41, 5.74) is 5.79. The second-order valence-corrected chi connectivity index (χ2v) is 6.31. The van der Waals surface area contributed by atoms with Crippen molar-refractivity contribution in [2.45, 2.75) is 51.8 Å². The van der Waals surface area contributed by atoms with Crippen LogP contribution in [0, 0.1) is 12.7 Å². The van der Waals surface area contributed by atoms with E-state index in [1.54, 1.807) is 6.92 Å². The van der Waals surface area contributed by atoms with Crippen molar-refractivity contribution in [3.63, 3.8) is 0 Å². The van der Waals surface area contributed by atoms with Crippen molar-refractivity contribution < 1.29 is 18.8 Å².